The Morgan fingerprint density at radius 3 is 2.72 bits per heavy atom. The van der Waals surface area contributed by atoms with E-state index in [1.807, 2.05) is 31.3 Å². The molecular formula is C14H24N2O2. The van der Waals surface area contributed by atoms with Crippen molar-refractivity contribution in [3.63, 3.8) is 0 Å². The summed E-state index contributed by atoms with van der Waals surface area (Å²) in [4.78, 5) is 2.09. The van der Waals surface area contributed by atoms with Gasteiger partial charge in [0.25, 0.3) is 0 Å². The lowest BCUT2D eigenvalue weighted by Crippen LogP contribution is -2.36. The van der Waals surface area contributed by atoms with Crippen LogP contribution in [-0.2, 0) is 6.54 Å². The number of aliphatic hydroxyl groups is 1. The summed E-state index contributed by atoms with van der Waals surface area (Å²) in [5, 5.41) is 9.86. The van der Waals surface area contributed by atoms with E-state index < -0.39 is 6.10 Å². The van der Waals surface area contributed by atoms with Crippen LogP contribution >= 0.6 is 0 Å². The second-order valence-electron chi connectivity index (χ2n) is 4.85. The lowest BCUT2D eigenvalue weighted by molar-refractivity contribution is 0.0678. The zero-order valence-electron chi connectivity index (χ0n) is 11.5. The van der Waals surface area contributed by atoms with Gasteiger partial charge in [-0.15, -0.1) is 0 Å². The lowest BCUT2D eigenvalue weighted by Gasteiger charge is -2.24. The van der Waals surface area contributed by atoms with E-state index in [2.05, 4.69) is 18.7 Å². The van der Waals surface area contributed by atoms with Gasteiger partial charge in [0.1, 0.15) is 18.5 Å². The molecule has 1 aromatic carbocycles. The van der Waals surface area contributed by atoms with Gasteiger partial charge in [0.15, 0.2) is 0 Å². The Labute approximate surface area is 109 Å². The van der Waals surface area contributed by atoms with E-state index in [0.29, 0.717) is 25.7 Å². The summed E-state index contributed by atoms with van der Waals surface area (Å²) in [7, 11) is 1.99. The summed E-state index contributed by atoms with van der Waals surface area (Å²) >= 11 is 0. The molecule has 0 radical (unpaired) electrons. The van der Waals surface area contributed by atoms with E-state index >= 15 is 0 Å². The summed E-state index contributed by atoms with van der Waals surface area (Å²) in [5.41, 5.74) is 6.59. The molecule has 0 aliphatic carbocycles. The second kappa shape index (κ2) is 7.36. The predicted octanol–water partition coefficient (Wildman–Crippen LogP) is 1.23. The van der Waals surface area contributed by atoms with Gasteiger partial charge in [0, 0.05) is 19.1 Å². The molecule has 1 atom stereocenters. The molecule has 0 aliphatic heterocycles. The molecule has 4 nitrogen and oxygen atoms in total. The fourth-order valence-electron chi connectivity index (χ4n) is 1.55. The highest BCUT2D eigenvalue weighted by atomic mass is 16.5. The molecule has 1 unspecified atom stereocenters. The zero-order valence-corrected chi connectivity index (χ0v) is 11.5. The number of benzene rings is 1. The van der Waals surface area contributed by atoms with Crippen LogP contribution in [0.15, 0.2) is 24.3 Å². The van der Waals surface area contributed by atoms with Gasteiger partial charge in [0.05, 0.1) is 0 Å². The van der Waals surface area contributed by atoms with Crippen molar-refractivity contribution in [2.24, 2.45) is 5.73 Å². The highest BCUT2D eigenvalue weighted by Gasteiger charge is 2.11. The fraction of sp³-hybridized carbons (Fsp3) is 0.571. The minimum absolute atomic E-state index is 0.297. The first-order valence-electron chi connectivity index (χ1n) is 6.33. The largest absolute Gasteiger partial charge is 0.491 e. The number of hydrogen-bond donors (Lipinski definition) is 2. The molecule has 0 spiro atoms. The third-order valence-corrected chi connectivity index (χ3v) is 2.96. The zero-order chi connectivity index (χ0) is 13.5. The molecule has 0 bridgehead atoms. The van der Waals surface area contributed by atoms with Crippen molar-refractivity contribution in [2.75, 3.05) is 20.2 Å². The molecule has 0 saturated heterocycles. The predicted molar refractivity (Wildman–Crippen MR) is 73.6 cm³/mol. The molecule has 1 rings (SSSR count). The van der Waals surface area contributed by atoms with Gasteiger partial charge in [-0.3, -0.25) is 0 Å². The third kappa shape index (κ3) is 5.04. The van der Waals surface area contributed by atoms with Crippen LogP contribution in [0.1, 0.15) is 19.4 Å². The molecule has 102 valence electrons. The van der Waals surface area contributed by atoms with Crippen LogP contribution in [0.2, 0.25) is 0 Å². The van der Waals surface area contributed by atoms with Crippen LogP contribution < -0.4 is 10.5 Å². The van der Waals surface area contributed by atoms with E-state index in [0.717, 1.165) is 11.3 Å². The number of ether oxygens (including phenoxy) is 1. The van der Waals surface area contributed by atoms with Crippen molar-refractivity contribution in [3.05, 3.63) is 29.8 Å². The van der Waals surface area contributed by atoms with Crippen molar-refractivity contribution >= 4 is 0 Å². The molecule has 0 aromatic heterocycles. The monoisotopic (exact) mass is 252 g/mol. The van der Waals surface area contributed by atoms with Crippen molar-refractivity contribution in [1.29, 1.82) is 0 Å². The summed E-state index contributed by atoms with van der Waals surface area (Å²) in [6.07, 6.45) is -0.487. The minimum atomic E-state index is -0.487. The molecule has 0 heterocycles. The Morgan fingerprint density at radius 1 is 1.39 bits per heavy atom. The Bertz CT molecular complexity index is 355. The van der Waals surface area contributed by atoms with E-state index in [9.17, 15) is 5.11 Å². The van der Waals surface area contributed by atoms with E-state index in [1.54, 1.807) is 0 Å². The first-order valence-corrected chi connectivity index (χ1v) is 6.33. The molecule has 0 amide bonds. The molecule has 3 N–H and O–H groups in total. The van der Waals surface area contributed by atoms with Crippen LogP contribution in [0, 0.1) is 0 Å². The van der Waals surface area contributed by atoms with Crippen LogP contribution in [0.3, 0.4) is 0 Å². The highest BCUT2D eigenvalue weighted by molar-refractivity contribution is 5.28. The smallest absolute Gasteiger partial charge is 0.119 e. The van der Waals surface area contributed by atoms with Gasteiger partial charge < -0.3 is 20.5 Å². The average molecular weight is 252 g/mol. The Balaban J connectivity index is 2.39. The number of nitrogens with two attached hydrogens (primary N) is 1. The maximum atomic E-state index is 9.86. The lowest BCUT2D eigenvalue weighted by atomic mass is 10.2. The van der Waals surface area contributed by atoms with Gasteiger partial charge in [-0.2, -0.15) is 0 Å². The van der Waals surface area contributed by atoms with Crippen molar-refractivity contribution in [1.82, 2.24) is 4.90 Å². The minimum Gasteiger partial charge on any atom is -0.491 e. The Kier molecular flexibility index (Phi) is 6.12. The number of likely N-dealkylation sites (N-methyl/N-ethyl adjacent to an activating group) is 1. The van der Waals surface area contributed by atoms with E-state index in [-0.39, 0.29) is 0 Å². The van der Waals surface area contributed by atoms with Crippen molar-refractivity contribution in [2.45, 2.75) is 32.5 Å². The maximum absolute atomic E-state index is 9.86. The molecule has 18 heavy (non-hydrogen) atoms. The molecule has 1 aromatic rings. The van der Waals surface area contributed by atoms with E-state index in [4.69, 9.17) is 10.5 Å². The first kappa shape index (κ1) is 15.0. The standard InChI is InChI=1S/C14H24N2O2/c1-11(2)16(3)9-13(17)10-18-14-6-4-5-12(7-14)8-15/h4-7,11,13,17H,8-10,15H2,1-3H3. The van der Waals surface area contributed by atoms with Crippen LogP contribution in [0.4, 0.5) is 0 Å². The topological polar surface area (TPSA) is 58.7 Å². The molecule has 0 fully saturated rings. The van der Waals surface area contributed by atoms with Crippen molar-refractivity contribution < 1.29 is 9.84 Å². The Hall–Kier alpha value is -1.10. The highest BCUT2D eigenvalue weighted by Crippen LogP contribution is 2.13. The number of hydrogen-bond acceptors (Lipinski definition) is 4. The average Bonchev–Trinajstić information content (AvgIpc) is 2.36. The van der Waals surface area contributed by atoms with Crippen LogP contribution in [0.25, 0.3) is 0 Å². The van der Waals surface area contributed by atoms with Gasteiger partial charge in [0.2, 0.25) is 0 Å². The molecule has 0 saturated carbocycles. The van der Waals surface area contributed by atoms with Gasteiger partial charge >= 0.3 is 0 Å². The first-order chi connectivity index (χ1) is 8.52. The summed E-state index contributed by atoms with van der Waals surface area (Å²) < 4.78 is 5.56. The van der Waals surface area contributed by atoms with Gasteiger partial charge in [-0.25, -0.2) is 0 Å². The number of aliphatic hydroxyl groups excluding tert-OH is 1. The number of nitrogens with zero attached hydrogens (tertiary/aromatic N) is 1. The molecular weight excluding hydrogens is 228 g/mol. The second-order valence-corrected chi connectivity index (χ2v) is 4.85. The summed E-state index contributed by atoms with van der Waals surface area (Å²) in [5.74, 6) is 0.754. The number of rotatable bonds is 7. The maximum Gasteiger partial charge on any atom is 0.119 e. The molecule has 4 heteroatoms. The fourth-order valence-corrected chi connectivity index (χ4v) is 1.55. The summed E-state index contributed by atoms with van der Waals surface area (Å²) in [6, 6.07) is 8.05. The third-order valence-electron chi connectivity index (χ3n) is 2.96. The quantitative estimate of drug-likeness (QED) is 0.766. The van der Waals surface area contributed by atoms with Gasteiger partial charge in [-0.1, -0.05) is 12.1 Å². The van der Waals surface area contributed by atoms with E-state index in [1.165, 1.54) is 0 Å². The van der Waals surface area contributed by atoms with Crippen molar-refractivity contribution in [3.8, 4) is 5.75 Å². The van der Waals surface area contributed by atoms with Crippen LogP contribution in [0.5, 0.6) is 5.75 Å². The van der Waals surface area contributed by atoms with Gasteiger partial charge in [-0.05, 0) is 38.6 Å². The summed E-state index contributed by atoms with van der Waals surface area (Å²) in [6.45, 7) is 5.59. The Morgan fingerprint density at radius 2 is 2.11 bits per heavy atom. The SMILES string of the molecule is CC(C)N(C)CC(O)COc1cccc(CN)c1. The van der Waals surface area contributed by atoms with Crippen LogP contribution in [-0.4, -0.2) is 42.4 Å². The molecule has 0 aliphatic rings. The normalized spacial score (nSPS) is 13.1.